The lowest BCUT2D eigenvalue weighted by Crippen LogP contribution is -2.42. The maximum atomic E-state index is 13.2. The van der Waals surface area contributed by atoms with Crippen LogP contribution in [-0.4, -0.2) is 51.6 Å². The second-order valence-corrected chi connectivity index (χ2v) is 13.6. The molecule has 2 amide bonds. The summed E-state index contributed by atoms with van der Waals surface area (Å²) >= 11 is 0. The SMILES string of the molecule is C[n+]1cc(-c2ccc(OCC(ON3C(=O)c4ccccc4C3=O)C(=O)CC(C)(C)C)cc2)cn1CCCCC(=O)OC(C)(C)C. The highest BCUT2D eigenvalue weighted by Crippen LogP contribution is 2.27. The average Bonchev–Trinajstić information content (AvgIpc) is 3.43. The second-order valence-electron chi connectivity index (χ2n) is 13.6. The van der Waals surface area contributed by atoms with Crippen LogP contribution in [0.5, 0.6) is 5.75 Å². The molecule has 0 aliphatic carbocycles. The third-order valence-electron chi connectivity index (χ3n) is 7.10. The summed E-state index contributed by atoms with van der Waals surface area (Å²) in [6.45, 7) is 12.0. The molecule has 10 heteroatoms. The molecule has 1 aliphatic rings. The van der Waals surface area contributed by atoms with Crippen molar-refractivity contribution in [1.82, 2.24) is 9.75 Å². The Morgan fingerprint density at radius 3 is 2.07 bits per heavy atom. The lowest BCUT2D eigenvalue weighted by Gasteiger charge is -2.25. The number of hydroxylamine groups is 2. The minimum absolute atomic E-state index is 0.170. The number of esters is 1. The van der Waals surface area contributed by atoms with E-state index < -0.39 is 23.5 Å². The number of aryl methyl sites for hydroxylation is 2. The Kier molecular flexibility index (Phi) is 10.3. The van der Waals surface area contributed by atoms with Gasteiger partial charge in [-0.3, -0.25) is 19.2 Å². The third kappa shape index (κ3) is 9.11. The van der Waals surface area contributed by atoms with Gasteiger partial charge in [-0.1, -0.05) is 45.0 Å². The molecule has 2 heterocycles. The van der Waals surface area contributed by atoms with E-state index in [1.165, 1.54) is 0 Å². The molecule has 0 spiro atoms. The molecule has 1 aliphatic heterocycles. The number of unbranched alkanes of at least 4 members (excludes halogenated alkanes) is 1. The van der Waals surface area contributed by atoms with Gasteiger partial charge in [-0.15, -0.1) is 9.75 Å². The smallest absolute Gasteiger partial charge is 0.306 e. The van der Waals surface area contributed by atoms with Gasteiger partial charge in [-0.2, -0.15) is 4.68 Å². The number of ketones is 1. The molecule has 0 radical (unpaired) electrons. The van der Waals surface area contributed by atoms with Crippen LogP contribution in [0.25, 0.3) is 11.1 Å². The summed E-state index contributed by atoms with van der Waals surface area (Å²) < 4.78 is 15.4. The fourth-order valence-electron chi connectivity index (χ4n) is 4.99. The van der Waals surface area contributed by atoms with E-state index in [9.17, 15) is 19.2 Å². The fourth-order valence-corrected chi connectivity index (χ4v) is 4.99. The molecule has 0 N–H and O–H groups in total. The van der Waals surface area contributed by atoms with Gasteiger partial charge < -0.3 is 9.47 Å². The Morgan fingerprint density at radius 1 is 0.867 bits per heavy atom. The fraction of sp³-hybridized carbons (Fsp3) is 0.457. The average molecular weight is 619 g/mol. The van der Waals surface area contributed by atoms with Gasteiger partial charge in [0.1, 0.15) is 18.0 Å². The molecule has 0 saturated carbocycles. The molecule has 240 valence electrons. The van der Waals surface area contributed by atoms with Crippen molar-refractivity contribution in [3.05, 3.63) is 72.1 Å². The quantitative estimate of drug-likeness (QED) is 0.108. The Balaban J connectivity index is 1.36. The number of nitrogens with zero attached hydrogens (tertiary/aromatic N) is 3. The van der Waals surface area contributed by atoms with Gasteiger partial charge >= 0.3 is 5.97 Å². The van der Waals surface area contributed by atoms with Crippen molar-refractivity contribution >= 4 is 23.6 Å². The van der Waals surface area contributed by atoms with Crippen LogP contribution >= 0.6 is 0 Å². The zero-order valence-electron chi connectivity index (χ0n) is 27.3. The molecule has 1 atom stereocenters. The second kappa shape index (κ2) is 13.8. The van der Waals surface area contributed by atoms with Crippen molar-refractivity contribution in [2.45, 2.75) is 85.5 Å². The highest BCUT2D eigenvalue weighted by molar-refractivity contribution is 6.20. The van der Waals surface area contributed by atoms with Crippen LogP contribution in [0.3, 0.4) is 0 Å². The monoisotopic (exact) mass is 618 g/mol. The lowest BCUT2D eigenvalue weighted by molar-refractivity contribution is -0.753. The van der Waals surface area contributed by atoms with Crippen molar-refractivity contribution in [3.8, 4) is 16.9 Å². The van der Waals surface area contributed by atoms with Gasteiger partial charge in [0.25, 0.3) is 11.8 Å². The Hall–Kier alpha value is -4.31. The van der Waals surface area contributed by atoms with E-state index in [-0.39, 0.29) is 41.3 Å². The number of Topliss-reactive ketones (excluding diaryl/α,β-unsaturated/α-hetero) is 1. The van der Waals surface area contributed by atoms with Crippen molar-refractivity contribution in [3.63, 3.8) is 0 Å². The minimum Gasteiger partial charge on any atom is -0.490 e. The molecule has 3 aromatic rings. The zero-order chi connectivity index (χ0) is 32.9. The van der Waals surface area contributed by atoms with E-state index in [2.05, 4.69) is 10.9 Å². The van der Waals surface area contributed by atoms with Gasteiger partial charge in [0, 0.05) is 12.8 Å². The minimum atomic E-state index is -1.16. The standard InChI is InChI=1S/C35H44N3O7/c1-34(2,3)20-29(39)30(45-38-32(41)27-12-8-9-13-28(27)33(38)42)23-43-26-17-15-24(16-18-26)25-21-36(7)37(22-25)19-11-10-14-31(40)44-35(4,5)6/h8-9,12-13,15-18,21-22,30H,10-11,14,19-20,23H2,1-7H3/q+1. The topological polar surface area (TPSA) is 108 Å². The molecule has 45 heavy (non-hydrogen) atoms. The van der Waals surface area contributed by atoms with E-state index in [1.807, 2.05) is 71.6 Å². The van der Waals surface area contributed by atoms with Crippen LogP contribution in [0.15, 0.2) is 60.9 Å². The summed E-state index contributed by atoms with van der Waals surface area (Å²) in [7, 11) is 1.97. The van der Waals surface area contributed by atoms with Gasteiger partial charge in [0.05, 0.1) is 29.4 Å². The Bertz CT molecular complexity index is 1510. The summed E-state index contributed by atoms with van der Waals surface area (Å²) in [5, 5.41) is 0.671. The first kappa shape index (κ1) is 33.6. The highest BCUT2D eigenvalue weighted by Gasteiger charge is 2.40. The number of amides is 2. The van der Waals surface area contributed by atoms with Crippen LogP contribution in [0, 0.1) is 5.41 Å². The van der Waals surface area contributed by atoms with Crippen LogP contribution in [-0.2, 0) is 32.8 Å². The number of carbonyl (C=O) groups excluding carboxylic acids is 4. The van der Waals surface area contributed by atoms with Crippen molar-refractivity contribution in [2.24, 2.45) is 12.5 Å². The van der Waals surface area contributed by atoms with Crippen molar-refractivity contribution in [2.75, 3.05) is 6.61 Å². The van der Waals surface area contributed by atoms with Crippen LogP contribution in [0.2, 0.25) is 0 Å². The van der Waals surface area contributed by atoms with E-state index in [0.717, 1.165) is 30.5 Å². The molecule has 4 rings (SSSR count). The molecule has 1 aromatic heterocycles. The third-order valence-corrected chi connectivity index (χ3v) is 7.10. The van der Waals surface area contributed by atoms with E-state index in [1.54, 1.807) is 36.4 Å². The Morgan fingerprint density at radius 2 is 1.49 bits per heavy atom. The van der Waals surface area contributed by atoms with Gasteiger partial charge in [0.15, 0.2) is 18.9 Å². The summed E-state index contributed by atoms with van der Waals surface area (Å²) in [5.41, 5.74) is 1.68. The summed E-state index contributed by atoms with van der Waals surface area (Å²) in [4.78, 5) is 56.7. The molecule has 0 saturated heterocycles. The number of aromatic nitrogens is 2. The maximum Gasteiger partial charge on any atom is 0.306 e. The number of hydrogen-bond donors (Lipinski definition) is 0. The zero-order valence-corrected chi connectivity index (χ0v) is 27.3. The molecule has 2 aromatic carbocycles. The lowest BCUT2D eigenvalue weighted by atomic mass is 9.88. The van der Waals surface area contributed by atoms with Crippen LogP contribution in [0.4, 0.5) is 0 Å². The van der Waals surface area contributed by atoms with E-state index >= 15 is 0 Å². The van der Waals surface area contributed by atoms with Gasteiger partial charge in [-0.25, -0.2) is 4.84 Å². The molecule has 0 fully saturated rings. The molecule has 1 unspecified atom stereocenters. The number of carbonyl (C=O) groups is 4. The largest absolute Gasteiger partial charge is 0.490 e. The summed E-state index contributed by atoms with van der Waals surface area (Å²) in [6, 6.07) is 13.9. The molecular formula is C35H44N3O7+. The number of benzene rings is 2. The normalized spacial score (nSPS) is 14.0. The molecule has 0 bridgehead atoms. The van der Waals surface area contributed by atoms with Crippen molar-refractivity contribution < 1.29 is 38.2 Å². The Labute approximate surface area is 264 Å². The first-order valence-electron chi connectivity index (χ1n) is 15.3. The molecular weight excluding hydrogens is 574 g/mol. The van der Waals surface area contributed by atoms with Gasteiger partial charge in [-0.05, 0) is 68.9 Å². The number of hydrogen-bond acceptors (Lipinski definition) is 7. The predicted octanol–water partition coefficient (Wildman–Crippen LogP) is 5.47. The maximum absolute atomic E-state index is 13.2. The van der Waals surface area contributed by atoms with E-state index in [4.69, 9.17) is 14.3 Å². The summed E-state index contributed by atoms with van der Waals surface area (Å²) in [5.74, 6) is -1.13. The number of fused-ring (bicyclic) bond motifs is 1. The van der Waals surface area contributed by atoms with Crippen LogP contribution in [0.1, 0.15) is 87.9 Å². The highest BCUT2D eigenvalue weighted by atomic mass is 16.7. The summed E-state index contributed by atoms with van der Waals surface area (Å²) in [6.07, 6.45) is 5.08. The predicted molar refractivity (Wildman–Crippen MR) is 167 cm³/mol. The van der Waals surface area contributed by atoms with Crippen molar-refractivity contribution in [1.29, 1.82) is 0 Å². The number of rotatable bonds is 13. The first-order valence-corrected chi connectivity index (χ1v) is 15.3. The molecule has 10 nitrogen and oxygen atoms in total. The van der Waals surface area contributed by atoms with Gasteiger partial charge in [0.2, 0.25) is 6.20 Å². The number of imide groups is 1. The van der Waals surface area contributed by atoms with E-state index in [0.29, 0.717) is 17.2 Å². The first-order chi connectivity index (χ1) is 21.1. The number of ether oxygens (including phenoxy) is 2. The van der Waals surface area contributed by atoms with Crippen LogP contribution < -0.4 is 9.42 Å².